The summed E-state index contributed by atoms with van der Waals surface area (Å²) in [6.07, 6.45) is 0.571. The standard InChI is InChI=1S/C12H21NO5S.CH2O2/c13-7-4-2-1-3-6(5-14)19-12-10(17)8(15)9(16)11(7)18-12;2-1-3/h1-2,6-12,14-17H,3-5,13H2;1H,(H,2,3)/b2-1-;/t6?,7-,8+,9-,10-,11-,12-;/m1./s1. The second-order valence-corrected chi connectivity index (χ2v) is 6.50. The molecule has 9 heteroatoms. The van der Waals surface area contributed by atoms with E-state index in [2.05, 4.69) is 0 Å². The molecule has 1 saturated heterocycles. The van der Waals surface area contributed by atoms with Crippen molar-refractivity contribution < 1.29 is 35.1 Å². The van der Waals surface area contributed by atoms with Gasteiger partial charge in [0, 0.05) is 11.3 Å². The van der Waals surface area contributed by atoms with Crippen LogP contribution in [0.4, 0.5) is 0 Å². The molecule has 2 heterocycles. The van der Waals surface area contributed by atoms with E-state index in [-0.39, 0.29) is 18.3 Å². The van der Waals surface area contributed by atoms with E-state index in [1.54, 1.807) is 0 Å². The van der Waals surface area contributed by atoms with Gasteiger partial charge in [-0.2, -0.15) is 0 Å². The van der Waals surface area contributed by atoms with Gasteiger partial charge in [0.25, 0.3) is 6.47 Å². The lowest BCUT2D eigenvalue weighted by Crippen LogP contribution is -2.61. The molecule has 7 atom stereocenters. The lowest BCUT2D eigenvalue weighted by Gasteiger charge is -2.43. The first kappa shape index (κ1) is 19.4. The van der Waals surface area contributed by atoms with Crippen LogP contribution in [-0.4, -0.2) is 79.8 Å². The second kappa shape index (κ2) is 9.46. The van der Waals surface area contributed by atoms with E-state index in [1.807, 2.05) is 12.2 Å². The van der Waals surface area contributed by atoms with Gasteiger partial charge >= 0.3 is 0 Å². The number of carbonyl (C=O) groups is 1. The van der Waals surface area contributed by atoms with Crippen molar-refractivity contribution in [3.05, 3.63) is 12.2 Å². The molecule has 0 aromatic heterocycles. The minimum Gasteiger partial charge on any atom is -0.483 e. The fraction of sp³-hybridized carbons (Fsp3) is 0.769. The summed E-state index contributed by atoms with van der Waals surface area (Å²) in [4.78, 5) is 8.36. The topological polar surface area (TPSA) is 153 Å². The van der Waals surface area contributed by atoms with Crippen molar-refractivity contribution in [1.29, 1.82) is 0 Å². The van der Waals surface area contributed by atoms with Gasteiger partial charge in [0.2, 0.25) is 0 Å². The Morgan fingerprint density at radius 2 is 1.77 bits per heavy atom. The van der Waals surface area contributed by atoms with Crippen LogP contribution >= 0.6 is 11.8 Å². The van der Waals surface area contributed by atoms with E-state index in [9.17, 15) is 20.4 Å². The third-order valence-corrected chi connectivity index (χ3v) is 4.92. The number of hydrogen-bond acceptors (Lipinski definition) is 8. The number of carboxylic acid groups (broad SMARTS) is 1. The number of thioether (sulfide) groups is 1. The average Bonchev–Trinajstić information content (AvgIpc) is 2.50. The number of aliphatic hydroxyl groups is 4. The largest absolute Gasteiger partial charge is 0.483 e. The van der Waals surface area contributed by atoms with Crippen molar-refractivity contribution in [2.45, 2.75) is 54.0 Å². The van der Waals surface area contributed by atoms with E-state index in [1.165, 1.54) is 11.8 Å². The summed E-state index contributed by atoms with van der Waals surface area (Å²) in [5, 5.41) is 45.8. The molecule has 8 nitrogen and oxygen atoms in total. The summed E-state index contributed by atoms with van der Waals surface area (Å²) in [5.74, 6) is 0. The highest BCUT2D eigenvalue weighted by atomic mass is 32.2. The van der Waals surface area contributed by atoms with Crippen LogP contribution in [0.25, 0.3) is 0 Å². The average molecular weight is 337 g/mol. The molecule has 0 aliphatic carbocycles. The summed E-state index contributed by atoms with van der Waals surface area (Å²) in [6, 6.07) is -0.442. The van der Waals surface area contributed by atoms with Crippen LogP contribution in [0.1, 0.15) is 12.8 Å². The Morgan fingerprint density at radius 1 is 1.18 bits per heavy atom. The third kappa shape index (κ3) is 4.92. The normalized spacial score (nSPS) is 43.4. The molecule has 128 valence electrons. The minimum absolute atomic E-state index is 0.0447. The Bertz CT molecular complexity index is 370. The zero-order valence-electron chi connectivity index (χ0n) is 11.9. The van der Waals surface area contributed by atoms with Crippen LogP contribution in [0, 0.1) is 0 Å². The van der Waals surface area contributed by atoms with Gasteiger partial charge in [-0.25, -0.2) is 0 Å². The molecule has 0 radical (unpaired) electrons. The molecule has 0 aromatic rings. The molecule has 1 unspecified atom stereocenters. The van der Waals surface area contributed by atoms with E-state index >= 15 is 0 Å². The SMILES string of the molecule is N[C@@H]1C/C=C\CC(CO)S[C@H]2O[C@H]1[C@H](O)[C@H](O)[C@H]2O.O=CO. The van der Waals surface area contributed by atoms with Crippen LogP contribution < -0.4 is 5.73 Å². The number of fused-ring (bicyclic) bond motifs is 2. The van der Waals surface area contributed by atoms with Crippen LogP contribution in [0.15, 0.2) is 12.2 Å². The molecular formula is C13H23NO7S. The molecule has 0 aromatic carbocycles. The predicted molar refractivity (Wildman–Crippen MR) is 80.2 cm³/mol. The molecule has 7 N–H and O–H groups in total. The molecule has 22 heavy (non-hydrogen) atoms. The first-order chi connectivity index (χ1) is 10.5. The number of nitrogens with two attached hydrogens (primary N) is 1. The zero-order chi connectivity index (χ0) is 16.7. The second-order valence-electron chi connectivity index (χ2n) is 5.09. The van der Waals surface area contributed by atoms with Gasteiger partial charge in [0.05, 0.1) is 6.61 Å². The van der Waals surface area contributed by atoms with Gasteiger partial charge in [-0.3, -0.25) is 4.79 Å². The van der Waals surface area contributed by atoms with Gasteiger partial charge in [-0.05, 0) is 12.8 Å². The maximum Gasteiger partial charge on any atom is 0.290 e. The number of allylic oxidation sites excluding steroid dienone is 1. The third-order valence-electron chi connectivity index (χ3n) is 3.53. The maximum absolute atomic E-state index is 9.94. The van der Waals surface area contributed by atoms with Gasteiger partial charge in [-0.1, -0.05) is 12.2 Å². The Kier molecular flexibility index (Phi) is 8.33. The van der Waals surface area contributed by atoms with Gasteiger partial charge < -0.3 is 36.0 Å². The first-order valence-corrected chi connectivity index (χ1v) is 7.84. The lowest BCUT2D eigenvalue weighted by atomic mass is 9.93. The molecule has 0 amide bonds. The van der Waals surface area contributed by atoms with Crippen LogP contribution in [0.2, 0.25) is 0 Å². The Balaban J connectivity index is 0.000000745. The molecular weight excluding hydrogens is 314 g/mol. The summed E-state index contributed by atoms with van der Waals surface area (Å²) in [7, 11) is 0. The molecule has 0 spiro atoms. The molecule has 0 saturated carbocycles. The lowest BCUT2D eigenvalue weighted by molar-refractivity contribution is -0.202. The highest BCUT2D eigenvalue weighted by molar-refractivity contribution is 8.00. The number of rotatable bonds is 1. The maximum atomic E-state index is 9.94. The fourth-order valence-electron chi connectivity index (χ4n) is 2.34. The van der Waals surface area contributed by atoms with Crippen LogP contribution in [0.5, 0.6) is 0 Å². The smallest absolute Gasteiger partial charge is 0.290 e. The van der Waals surface area contributed by atoms with Crippen LogP contribution in [-0.2, 0) is 9.53 Å². The zero-order valence-corrected chi connectivity index (χ0v) is 12.7. The van der Waals surface area contributed by atoms with E-state index in [4.69, 9.17) is 20.4 Å². The molecule has 2 aliphatic rings. The molecule has 2 bridgehead atoms. The summed E-state index contributed by atoms with van der Waals surface area (Å²) >= 11 is 1.26. The highest BCUT2D eigenvalue weighted by Gasteiger charge is 2.46. The van der Waals surface area contributed by atoms with Crippen molar-refractivity contribution in [2.24, 2.45) is 5.73 Å². The van der Waals surface area contributed by atoms with Crippen molar-refractivity contribution in [1.82, 2.24) is 0 Å². The minimum atomic E-state index is -1.29. The number of ether oxygens (including phenoxy) is 1. The Morgan fingerprint density at radius 3 is 2.36 bits per heavy atom. The molecule has 2 aliphatic heterocycles. The molecule has 2 rings (SSSR count). The fourth-order valence-corrected chi connectivity index (χ4v) is 3.54. The van der Waals surface area contributed by atoms with E-state index in [0.717, 1.165) is 0 Å². The van der Waals surface area contributed by atoms with Gasteiger partial charge in [0.1, 0.15) is 29.9 Å². The molecule has 1 fully saturated rings. The van der Waals surface area contributed by atoms with Crippen LogP contribution in [0.3, 0.4) is 0 Å². The number of hydrogen-bond donors (Lipinski definition) is 6. The van der Waals surface area contributed by atoms with Crippen molar-refractivity contribution in [3.63, 3.8) is 0 Å². The Labute approximate surface area is 132 Å². The quantitative estimate of drug-likeness (QED) is 0.242. The van der Waals surface area contributed by atoms with Crippen molar-refractivity contribution >= 4 is 18.2 Å². The van der Waals surface area contributed by atoms with Crippen molar-refractivity contribution in [3.8, 4) is 0 Å². The van der Waals surface area contributed by atoms with E-state index < -0.39 is 35.9 Å². The number of aliphatic hydroxyl groups excluding tert-OH is 4. The predicted octanol–water partition coefficient (Wildman–Crippen LogP) is -1.73. The van der Waals surface area contributed by atoms with Crippen molar-refractivity contribution in [2.75, 3.05) is 6.61 Å². The van der Waals surface area contributed by atoms with Gasteiger partial charge in [0.15, 0.2) is 0 Å². The summed E-state index contributed by atoms with van der Waals surface area (Å²) in [6.45, 7) is -0.295. The summed E-state index contributed by atoms with van der Waals surface area (Å²) < 4.78 is 5.64. The monoisotopic (exact) mass is 337 g/mol. The Hall–Kier alpha value is -0.680. The van der Waals surface area contributed by atoms with Gasteiger partial charge in [-0.15, -0.1) is 11.8 Å². The summed E-state index contributed by atoms with van der Waals surface area (Å²) in [5.41, 5.74) is 5.26. The van der Waals surface area contributed by atoms with E-state index in [0.29, 0.717) is 12.8 Å². The highest BCUT2D eigenvalue weighted by Crippen LogP contribution is 2.34. The first-order valence-electron chi connectivity index (χ1n) is 6.90.